The summed E-state index contributed by atoms with van der Waals surface area (Å²) in [7, 11) is 0. The zero-order valence-corrected chi connectivity index (χ0v) is 11.3. The molecular formula is C13H15F3N2O3. The highest BCUT2D eigenvalue weighted by Gasteiger charge is 2.42. The van der Waals surface area contributed by atoms with E-state index in [2.05, 4.69) is 4.74 Å². The van der Waals surface area contributed by atoms with Gasteiger partial charge in [0, 0.05) is 5.56 Å². The molecule has 1 amide bonds. The first kappa shape index (κ1) is 15.4. The number of benzene rings is 1. The number of ether oxygens (including phenoxy) is 1. The molecule has 0 bridgehead atoms. The molecule has 0 spiro atoms. The zero-order chi connectivity index (χ0) is 15.8. The number of anilines is 1. The minimum Gasteiger partial charge on any atom is -0.404 e. The van der Waals surface area contributed by atoms with Crippen molar-refractivity contribution < 1.29 is 27.8 Å². The van der Waals surface area contributed by atoms with Gasteiger partial charge in [-0.3, -0.25) is 4.79 Å². The molecule has 2 rings (SSSR count). The van der Waals surface area contributed by atoms with Crippen molar-refractivity contribution in [3.8, 4) is 5.75 Å². The monoisotopic (exact) mass is 304 g/mol. The van der Waals surface area contributed by atoms with Crippen molar-refractivity contribution in [2.75, 3.05) is 18.8 Å². The second-order valence-corrected chi connectivity index (χ2v) is 5.04. The molecule has 1 aromatic carbocycles. The highest BCUT2D eigenvalue weighted by molar-refractivity contribution is 5.96. The van der Waals surface area contributed by atoms with Gasteiger partial charge in [0.15, 0.2) is 5.75 Å². The standard InChI is InChI=1S/C13H15F3N2O3/c1-2-12(20)6-18(7-12)11(19)8-3-4-10(9(17)5-8)21-13(14,15)16/h3-5,20H,2,6-7,17H2,1H3. The third-order valence-electron chi connectivity index (χ3n) is 3.40. The lowest BCUT2D eigenvalue weighted by Crippen LogP contribution is -2.63. The summed E-state index contributed by atoms with van der Waals surface area (Å²) in [6.45, 7) is 2.20. The normalized spacial score (nSPS) is 17.3. The van der Waals surface area contributed by atoms with E-state index < -0.39 is 23.6 Å². The van der Waals surface area contributed by atoms with Crippen LogP contribution in [0.4, 0.5) is 18.9 Å². The quantitative estimate of drug-likeness (QED) is 0.834. The number of nitrogens with zero attached hydrogens (tertiary/aromatic N) is 1. The predicted molar refractivity (Wildman–Crippen MR) is 68.7 cm³/mol. The van der Waals surface area contributed by atoms with E-state index in [0.29, 0.717) is 6.42 Å². The van der Waals surface area contributed by atoms with E-state index in [4.69, 9.17) is 5.73 Å². The van der Waals surface area contributed by atoms with E-state index in [1.54, 1.807) is 0 Å². The number of hydrogen-bond donors (Lipinski definition) is 2. The van der Waals surface area contributed by atoms with Gasteiger partial charge in [0.05, 0.1) is 24.4 Å². The molecule has 1 heterocycles. The van der Waals surface area contributed by atoms with Crippen molar-refractivity contribution in [3.63, 3.8) is 0 Å². The number of carbonyl (C=O) groups excluding carboxylic acids is 1. The summed E-state index contributed by atoms with van der Waals surface area (Å²) in [5, 5.41) is 9.85. The van der Waals surface area contributed by atoms with Gasteiger partial charge >= 0.3 is 6.36 Å². The number of amides is 1. The fourth-order valence-corrected chi connectivity index (χ4v) is 2.11. The van der Waals surface area contributed by atoms with E-state index in [0.717, 1.165) is 12.1 Å². The molecule has 0 radical (unpaired) electrons. The molecule has 1 aliphatic heterocycles. The number of carbonyl (C=O) groups is 1. The molecule has 0 unspecified atom stereocenters. The predicted octanol–water partition coefficient (Wildman–Crippen LogP) is 1.76. The third-order valence-corrected chi connectivity index (χ3v) is 3.40. The summed E-state index contributed by atoms with van der Waals surface area (Å²) in [6, 6.07) is 3.34. The average Bonchev–Trinajstić information content (AvgIpc) is 2.35. The molecule has 116 valence electrons. The van der Waals surface area contributed by atoms with Gasteiger partial charge in [-0.2, -0.15) is 0 Å². The molecule has 1 saturated heterocycles. The minimum absolute atomic E-state index is 0.153. The largest absolute Gasteiger partial charge is 0.573 e. The van der Waals surface area contributed by atoms with Gasteiger partial charge < -0.3 is 20.5 Å². The maximum Gasteiger partial charge on any atom is 0.573 e. The van der Waals surface area contributed by atoms with Crippen molar-refractivity contribution in [1.29, 1.82) is 0 Å². The Bertz CT molecular complexity index is 554. The van der Waals surface area contributed by atoms with Gasteiger partial charge in [-0.25, -0.2) is 0 Å². The second kappa shape index (κ2) is 5.10. The van der Waals surface area contributed by atoms with E-state index in [1.165, 1.54) is 11.0 Å². The van der Waals surface area contributed by atoms with E-state index in [1.807, 2.05) is 6.92 Å². The van der Waals surface area contributed by atoms with Crippen molar-refractivity contribution in [2.24, 2.45) is 0 Å². The van der Waals surface area contributed by atoms with Crippen LogP contribution in [0.25, 0.3) is 0 Å². The molecule has 0 aliphatic carbocycles. The smallest absolute Gasteiger partial charge is 0.404 e. The molecule has 5 nitrogen and oxygen atoms in total. The first-order chi connectivity index (χ1) is 9.63. The van der Waals surface area contributed by atoms with Crippen molar-refractivity contribution in [2.45, 2.75) is 25.3 Å². The number of nitrogen functional groups attached to an aromatic ring is 1. The van der Waals surface area contributed by atoms with Crippen molar-refractivity contribution >= 4 is 11.6 Å². The third kappa shape index (κ3) is 3.38. The van der Waals surface area contributed by atoms with Crippen LogP contribution in [0.1, 0.15) is 23.7 Å². The lowest BCUT2D eigenvalue weighted by Gasteiger charge is -2.46. The number of hydrogen-bond acceptors (Lipinski definition) is 4. The Hall–Kier alpha value is -1.96. The minimum atomic E-state index is -4.84. The van der Waals surface area contributed by atoms with Crippen LogP contribution >= 0.6 is 0 Å². The van der Waals surface area contributed by atoms with Crippen molar-refractivity contribution in [1.82, 2.24) is 4.90 Å². The van der Waals surface area contributed by atoms with Crippen LogP contribution in [-0.4, -0.2) is 41.0 Å². The first-order valence-electron chi connectivity index (χ1n) is 6.30. The van der Waals surface area contributed by atoms with Gasteiger partial charge in [-0.1, -0.05) is 6.92 Å². The number of alkyl halides is 3. The van der Waals surface area contributed by atoms with Crippen LogP contribution in [0, 0.1) is 0 Å². The highest BCUT2D eigenvalue weighted by atomic mass is 19.4. The number of likely N-dealkylation sites (tertiary alicyclic amines) is 1. The van der Waals surface area contributed by atoms with Crippen LogP contribution in [0.5, 0.6) is 5.75 Å². The summed E-state index contributed by atoms with van der Waals surface area (Å²) in [5.41, 5.74) is 4.47. The first-order valence-corrected chi connectivity index (χ1v) is 6.30. The van der Waals surface area contributed by atoms with Gasteiger partial charge in [0.25, 0.3) is 5.91 Å². The van der Waals surface area contributed by atoms with Crippen LogP contribution in [0.3, 0.4) is 0 Å². The summed E-state index contributed by atoms with van der Waals surface area (Å²) >= 11 is 0. The van der Waals surface area contributed by atoms with Crippen LogP contribution < -0.4 is 10.5 Å². The SMILES string of the molecule is CCC1(O)CN(C(=O)c2ccc(OC(F)(F)F)c(N)c2)C1. The fraction of sp³-hybridized carbons (Fsp3) is 0.462. The van der Waals surface area contributed by atoms with E-state index in [-0.39, 0.29) is 24.3 Å². The second-order valence-electron chi connectivity index (χ2n) is 5.04. The molecule has 3 N–H and O–H groups in total. The van der Waals surface area contributed by atoms with Gasteiger partial charge in [-0.05, 0) is 24.6 Å². The zero-order valence-electron chi connectivity index (χ0n) is 11.3. The Balaban J connectivity index is 2.09. The Morgan fingerprint density at radius 2 is 2.10 bits per heavy atom. The Kier molecular flexibility index (Phi) is 3.75. The molecule has 0 atom stereocenters. The molecule has 8 heteroatoms. The lowest BCUT2D eigenvalue weighted by atomic mass is 9.90. The lowest BCUT2D eigenvalue weighted by molar-refractivity contribution is -0.274. The summed E-state index contributed by atoms with van der Waals surface area (Å²) in [5.74, 6) is -0.939. The number of rotatable bonds is 3. The average molecular weight is 304 g/mol. The van der Waals surface area contributed by atoms with Crippen molar-refractivity contribution in [3.05, 3.63) is 23.8 Å². The Morgan fingerprint density at radius 1 is 1.48 bits per heavy atom. The molecular weight excluding hydrogens is 289 g/mol. The fourth-order valence-electron chi connectivity index (χ4n) is 2.11. The molecule has 0 saturated carbocycles. The topological polar surface area (TPSA) is 75.8 Å². The van der Waals surface area contributed by atoms with Crippen LogP contribution in [-0.2, 0) is 0 Å². The van der Waals surface area contributed by atoms with Gasteiger partial charge in [-0.15, -0.1) is 13.2 Å². The molecule has 1 aromatic rings. The van der Waals surface area contributed by atoms with Gasteiger partial charge in [0.2, 0.25) is 0 Å². The molecule has 1 aliphatic rings. The van der Waals surface area contributed by atoms with Crippen LogP contribution in [0.15, 0.2) is 18.2 Å². The van der Waals surface area contributed by atoms with Gasteiger partial charge in [0.1, 0.15) is 0 Å². The molecule has 0 aromatic heterocycles. The summed E-state index contributed by atoms with van der Waals surface area (Å²) in [4.78, 5) is 13.5. The van der Waals surface area contributed by atoms with Crippen LogP contribution in [0.2, 0.25) is 0 Å². The molecule has 21 heavy (non-hydrogen) atoms. The Labute approximate surface area is 119 Å². The summed E-state index contributed by atoms with van der Waals surface area (Å²) < 4.78 is 40.1. The molecule has 1 fully saturated rings. The number of aliphatic hydroxyl groups is 1. The summed E-state index contributed by atoms with van der Waals surface area (Å²) in [6.07, 6.45) is -4.31. The van der Waals surface area contributed by atoms with E-state index >= 15 is 0 Å². The maximum absolute atomic E-state index is 12.1. The van der Waals surface area contributed by atoms with E-state index in [9.17, 15) is 23.1 Å². The number of nitrogens with two attached hydrogens (primary N) is 1. The Morgan fingerprint density at radius 3 is 2.57 bits per heavy atom. The highest BCUT2D eigenvalue weighted by Crippen LogP contribution is 2.31. The number of β-amino-alcohol motifs (C(OH)–C–C–N with tert-alkyl or cyclic N) is 1. The number of halogens is 3. The maximum atomic E-state index is 12.1.